The van der Waals surface area contributed by atoms with Crippen LogP contribution in [0.2, 0.25) is 0 Å². The molecule has 32 heavy (non-hydrogen) atoms. The van der Waals surface area contributed by atoms with E-state index in [1.165, 1.54) is 28.2 Å². The summed E-state index contributed by atoms with van der Waals surface area (Å²) < 4.78 is 4.94. The molecule has 0 spiro atoms. The third kappa shape index (κ3) is 4.63. The van der Waals surface area contributed by atoms with Gasteiger partial charge in [0.1, 0.15) is 9.71 Å². The summed E-state index contributed by atoms with van der Waals surface area (Å²) in [7, 11) is 0. The zero-order valence-electron chi connectivity index (χ0n) is 18.8. The quantitative estimate of drug-likeness (QED) is 0.514. The number of carbonyl (C=O) groups is 2. The standard InChI is InChI=1S/C23H28N4O3S2/c1-5-30-17(28)10-14-11-31-22(25-14)27-20(29)19-18(24)15-9-12-8-13(23(2,3)4)6-7-16(12)26-21(15)32-19/h9,11,13H,5-8,10,24H2,1-4H3,(H,25,27,29)/t13-/m0/s1. The molecule has 0 saturated carbocycles. The third-order valence-electron chi connectivity index (χ3n) is 5.92. The number of pyridine rings is 1. The van der Waals surface area contributed by atoms with Crippen molar-refractivity contribution in [2.24, 2.45) is 11.3 Å². The maximum atomic E-state index is 12.9. The Morgan fingerprint density at radius 2 is 2.09 bits per heavy atom. The largest absolute Gasteiger partial charge is 0.466 e. The predicted molar refractivity (Wildman–Crippen MR) is 129 cm³/mol. The summed E-state index contributed by atoms with van der Waals surface area (Å²) in [5.41, 5.74) is 10.0. The number of hydrogen-bond acceptors (Lipinski definition) is 8. The van der Waals surface area contributed by atoms with Crippen molar-refractivity contribution in [3.8, 4) is 0 Å². The molecule has 1 aliphatic rings. The van der Waals surface area contributed by atoms with Crippen LogP contribution in [0.1, 0.15) is 60.7 Å². The van der Waals surface area contributed by atoms with E-state index in [0.717, 1.165) is 35.2 Å². The Morgan fingerprint density at radius 3 is 2.81 bits per heavy atom. The molecule has 3 aromatic heterocycles. The molecule has 7 nitrogen and oxygen atoms in total. The number of hydrogen-bond donors (Lipinski definition) is 2. The maximum Gasteiger partial charge on any atom is 0.311 e. The molecular weight excluding hydrogens is 444 g/mol. The van der Waals surface area contributed by atoms with Crippen molar-refractivity contribution < 1.29 is 14.3 Å². The third-order valence-corrected chi connectivity index (χ3v) is 7.84. The number of nitrogens with zero attached hydrogens (tertiary/aromatic N) is 2. The molecule has 1 aliphatic carbocycles. The highest BCUT2D eigenvalue weighted by molar-refractivity contribution is 7.21. The van der Waals surface area contributed by atoms with Crippen LogP contribution >= 0.6 is 22.7 Å². The van der Waals surface area contributed by atoms with Crippen molar-refractivity contribution in [1.29, 1.82) is 0 Å². The number of carbonyl (C=O) groups excluding carboxylic acids is 2. The van der Waals surface area contributed by atoms with E-state index in [1.807, 2.05) is 0 Å². The number of nitrogen functional groups attached to an aromatic ring is 1. The van der Waals surface area contributed by atoms with Crippen molar-refractivity contribution in [3.63, 3.8) is 0 Å². The molecule has 0 aliphatic heterocycles. The minimum Gasteiger partial charge on any atom is -0.466 e. The van der Waals surface area contributed by atoms with Gasteiger partial charge >= 0.3 is 5.97 Å². The van der Waals surface area contributed by atoms with Gasteiger partial charge in [-0.25, -0.2) is 9.97 Å². The summed E-state index contributed by atoms with van der Waals surface area (Å²) in [5, 5.41) is 5.81. The fourth-order valence-corrected chi connectivity index (χ4v) is 5.75. The van der Waals surface area contributed by atoms with E-state index in [-0.39, 0.29) is 23.7 Å². The van der Waals surface area contributed by atoms with Crippen LogP contribution in [0.4, 0.5) is 10.8 Å². The summed E-state index contributed by atoms with van der Waals surface area (Å²) in [6.07, 6.45) is 3.15. The van der Waals surface area contributed by atoms with Gasteiger partial charge in [-0.3, -0.25) is 14.9 Å². The zero-order valence-corrected chi connectivity index (χ0v) is 20.4. The van der Waals surface area contributed by atoms with E-state index in [9.17, 15) is 9.59 Å². The van der Waals surface area contributed by atoms with E-state index in [1.54, 1.807) is 12.3 Å². The average Bonchev–Trinajstić information content (AvgIpc) is 3.29. The van der Waals surface area contributed by atoms with Gasteiger partial charge in [-0.05, 0) is 49.1 Å². The first-order valence-corrected chi connectivity index (χ1v) is 12.5. The molecule has 3 aromatic rings. The molecule has 0 aromatic carbocycles. The molecule has 3 N–H and O–H groups in total. The highest BCUT2D eigenvalue weighted by Gasteiger charge is 2.30. The fourth-order valence-electron chi connectivity index (χ4n) is 4.06. The van der Waals surface area contributed by atoms with Crippen LogP contribution in [-0.2, 0) is 28.8 Å². The van der Waals surface area contributed by atoms with E-state index in [0.29, 0.717) is 33.9 Å². The second-order valence-electron chi connectivity index (χ2n) is 9.18. The van der Waals surface area contributed by atoms with Crippen LogP contribution in [-0.4, -0.2) is 28.5 Å². The van der Waals surface area contributed by atoms with Crippen LogP contribution < -0.4 is 11.1 Å². The number of rotatable bonds is 5. The highest BCUT2D eigenvalue weighted by atomic mass is 32.1. The average molecular weight is 473 g/mol. The summed E-state index contributed by atoms with van der Waals surface area (Å²) in [6, 6.07) is 2.12. The molecule has 0 bridgehead atoms. The normalized spacial score (nSPS) is 16.1. The van der Waals surface area contributed by atoms with Gasteiger partial charge in [0.2, 0.25) is 0 Å². The molecule has 0 fully saturated rings. The van der Waals surface area contributed by atoms with Gasteiger partial charge < -0.3 is 10.5 Å². The van der Waals surface area contributed by atoms with E-state index >= 15 is 0 Å². The molecule has 1 amide bonds. The van der Waals surface area contributed by atoms with Crippen LogP contribution in [0.5, 0.6) is 0 Å². The van der Waals surface area contributed by atoms with Gasteiger partial charge in [-0.15, -0.1) is 22.7 Å². The number of amides is 1. The van der Waals surface area contributed by atoms with Crippen molar-refractivity contribution in [3.05, 3.63) is 33.3 Å². The first kappa shape index (κ1) is 22.7. The number of esters is 1. The molecular formula is C23H28N4O3S2. The molecule has 0 saturated heterocycles. The number of thiophene rings is 1. The topological polar surface area (TPSA) is 107 Å². The number of nitrogens with one attached hydrogen (secondary N) is 1. The van der Waals surface area contributed by atoms with Gasteiger partial charge in [-0.1, -0.05) is 20.8 Å². The molecule has 9 heteroatoms. The number of aromatic nitrogens is 2. The Balaban J connectivity index is 1.54. The van der Waals surface area contributed by atoms with Crippen molar-refractivity contribution >= 4 is 55.6 Å². The molecule has 0 radical (unpaired) electrons. The second-order valence-corrected chi connectivity index (χ2v) is 11.0. The Morgan fingerprint density at radius 1 is 1.31 bits per heavy atom. The second kappa shape index (κ2) is 8.78. The Labute approximate surface area is 195 Å². The zero-order chi connectivity index (χ0) is 23.0. The monoisotopic (exact) mass is 472 g/mol. The summed E-state index contributed by atoms with van der Waals surface area (Å²) >= 11 is 2.57. The number of aryl methyl sites for hydroxylation is 1. The van der Waals surface area contributed by atoms with Crippen LogP contribution in [0.3, 0.4) is 0 Å². The Kier molecular flexibility index (Phi) is 6.22. The van der Waals surface area contributed by atoms with Crippen LogP contribution in [0, 0.1) is 11.3 Å². The first-order chi connectivity index (χ1) is 15.2. The number of thiazole rings is 1. The van der Waals surface area contributed by atoms with Gasteiger partial charge in [0.25, 0.3) is 5.91 Å². The smallest absolute Gasteiger partial charge is 0.311 e. The van der Waals surface area contributed by atoms with Crippen LogP contribution in [0.25, 0.3) is 10.2 Å². The summed E-state index contributed by atoms with van der Waals surface area (Å²) in [6.45, 7) is 8.94. The molecule has 1 atom stereocenters. The number of fused-ring (bicyclic) bond motifs is 2. The maximum absolute atomic E-state index is 12.9. The Hall–Kier alpha value is -2.52. The van der Waals surface area contributed by atoms with Crippen molar-refractivity contribution in [1.82, 2.24) is 9.97 Å². The van der Waals surface area contributed by atoms with Gasteiger partial charge in [0.15, 0.2) is 5.13 Å². The van der Waals surface area contributed by atoms with Gasteiger partial charge in [0, 0.05) is 16.5 Å². The lowest BCUT2D eigenvalue weighted by Gasteiger charge is -2.34. The molecule has 3 heterocycles. The lowest BCUT2D eigenvalue weighted by atomic mass is 9.71. The van der Waals surface area contributed by atoms with E-state index < -0.39 is 0 Å². The SMILES string of the molecule is CCOC(=O)Cc1csc(NC(=O)c2sc3nc4c(cc3c2N)C[C@@H](C(C)(C)C)CC4)n1. The van der Waals surface area contributed by atoms with E-state index in [2.05, 4.69) is 37.1 Å². The van der Waals surface area contributed by atoms with Gasteiger partial charge in [-0.2, -0.15) is 0 Å². The number of ether oxygens (including phenoxy) is 1. The van der Waals surface area contributed by atoms with E-state index in [4.69, 9.17) is 15.5 Å². The van der Waals surface area contributed by atoms with Crippen molar-refractivity contribution in [2.45, 2.75) is 53.4 Å². The lowest BCUT2D eigenvalue weighted by molar-refractivity contribution is -0.142. The van der Waals surface area contributed by atoms with Crippen LogP contribution in [0.15, 0.2) is 11.4 Å². The lowest BCUT2D eigenvalue weighted by Crippen LogP contribution is -2.27. The Bertz CT molecular complexity index is 1180. The number of anilines is 2. The van der Waals surface area contributed by atoms with Crippen molar-refractivity contribution in [2.75, 3.05) is 17.7 Å². The van der Waals surface area contributed by atoms with Gasteiger partial charge in [0.05, 0.1) is 24.4 Å². The summed E-state index contributed by atoms with van der Waals surface area (Å²) in [4.78, 5) is 34.9. The fraction of sp³-hybridized carbons (Fsp3) is 0.478. The minimum absolute atomic E-state index is 0.0796. The number of nitrogens with two attached hydrogens (primary N) is 1. The first-order valence-electron chi connectivity index (χ1n) is 10.8. The highest BCUT2D eigenvalue weighted by Crippen LogP contribution is 2.40. The molecule has 0 unspecified atom stereocenters. The summed E-state index contributed by atoms with van der Waals surface area (Å²) in [5.74, 6) is -0.0492. The predicted octanol–water partition coefficient (Wildman–Crippen LogP) is 4.84. The molecule has 170 valence electrons. The molecule has 4 rings (SSSR count). The minimum atomic E-state index is -0.340.